The molecule has 0 saturated heterocycles. The molecule has 104 valence electrons. The fourth-order valence-corrected chi connectivity index (χ4v) is 1.87. The van der Waals surface area contributed by atoms with Crippen LogP contribution in [0, 0.1) is 6.92 Å². The first-order valence-corrected chi connectivity index (χ1v) is 6.65. The second-order valence-electron chi connectivity index (χ2n) is 4.69. The number of nitrogens with zero attached hydrogens (tertiary/aromatic N) is 1. The second-order valence-corrected chi connectivity index (χ2v) is 4.69. The summed E-state index contributed by atoms with van der Waals surface area (Å²) in [6, 6.07) is 10.0. The van der Waals surface area contributed by atoms with Crippen molar-refractivity contribution < 1.29 is 4.79 Å². The van der Waals surface area contributed by atoms with Crippen LogP contribution in [0.25, 0.3) is 11.1 Å². The molecule has 1 aromatic heterocycles. The molecule has 0 aliphatic rings. The highest BCUT2D eigenvalue weighted by Crippen LogP contribution is 2.19. The number of amides is 1. The lowest BCUT2D eigenvalue weighted by molar-refractivity contribution is 0.0954. The summed E-state index contributed by atoms with van der Waals surface area (Å²) >= 11 is 0. The van der Waals surface area contributed by atoms with E-state index < -0.39 is 0 Å². The minimum absolute atomic E-state index is 0.0956. The van der Waals surface area contributed by atoms with Gasteiger partial charge in [-0.2, -0.15) is 0 Å². The van der Waals surface area contributed by atoms with Crippen LogP contribution >= 0.6 is 0 Å². The van der Waals surface area contributed by atoms with E-state index in [1.165, 1.54) is 5.56 Å². The lowest BCUT2D eigenvalue weighted by Gasteiger charge is -2.07. The van der Waals surface area contributed by atoms with Crippen molar-refractivity contribution in [1.82, 2.24) is 15.6 Å². The lowest BCUT2D eigenvalue weighted by atomic mass is 10.0. The van der Waals surface area contributed by atoms with Gasteiger partial charge in [-0.1, -0.05) is 29.8 Å². The van der Waals surface area contributed by atoms with E-state index in [0.717, 1.165) is 17.7 Å². The zero-order chi connectivity index (χ0) is 14.4. The van der Waals surface area contributed by atoms with Crippen molar-refractivity contribution in [2.75, 3.05) is 20.1 Å². The molecule has 1 amide bonds. The van der Waals surface area contributed by atoms with Crippen molar-refractivity contribution in [3.8, 4) is 11.1 Å². The molecule has 0 spiro atoms. The first kappa shape index (κ1) is 14.2. The summed E-state index contributed by atoms with van der Waals surface area (Å²) in [6.07, 6.45) is 3.36. The average Bonchev–Trinajstić information content (AvgIpc) is 2.48. The average molecular weight is 269 g/mol. The molecular weight excluding hydrogens is 250 g/mol. The third-order valence-corrected chi connectivity index (χ3v) is 3.05. The molecule has 0 unspecified atom stereocenters. The van der Waals surface area contributed by atoms with Gasteiger partial charge in [0.1, 0.15) is 0 Å². The van der Waals surface area contributed by atoms with Gasteiger partial charge in [0.15, 0.2) is 0 Å². The van der Waals surface area contributed by atoms with E-state index in [9.17, 15) is 4.79 Å². The highest BCUT2D eigenvalue weighted by molar-refractivity contribution is 5.95. The molecule has 4 heteroatoms. The Morgan fingerprint density at radius 1 is 1.10 bits per heavy atom. The van der Waals surface area contributed by atoms with E-state index in [1.54, 1.807) is 12.4 Å². The number of nitrogens with one attached hydrogen (secondary N) is 2. The normalized spacial score (nSPS) is 10.3. The quantitative estimate of drug-likeness (QED) is 0.816. The van der Waals surface area contributed by atoms with Crippen molar-refractivity contribution in [2.24, 2.45) is 0 Å². The number of aryl methyl sites for hydroxylation is 1. The predicted molar refractivity (Wildman–Crippen MR) is 80.7 cm³/mol. The van der Waals surface area contributed by atoms with E-state index in [2.05, 4.69) is 27.8 Å². The zero-order valence-electron chi connectivity index (χ0n) is 11.8. The summed E-state index contributed by atoms with van der Waals surface area (Å²) in [5.41, 5.74) is 3.81. The highest BCUT2D eigenvalue weighted by Gasteiger charge is 2.07. The highest BCUT2D eigenvalue weighted by atomic mass is 16.1. The van der Waals surface area contributed by atoms with Crippen molar-refractivity contribution in [1.29, 1.82) is 0 Å². The predicted octanol–water partition coefficient (Wildman–Crippen LogP) is 2.01. The molecule has 0 aliphatic heterocycles. The monoisotopic (exact) mass is 269 g/mol. The van der Waals surface area contributed by atoms with Gasteiger partial charge in [0.25, 0.3) is 5.91 Å². The summed E-state index contributed by atoms with van der Waals surface area (Å²) in [5, 5.41) is 5.83. The molecule has 1 aromatic carbocycles. The summed E-state index contributed by atoms with van der Waals surface area (Å²) in [6.45, 7) is 3.40. The number of carbonyl (C=O) groups is 1. The number of benzene rings is 1. The first-order valence-electron chi connectivity index (χ1n) is 6.65. The Hall–Kier alpha value is -2.20. The maximum Gasteiger partial charge on any atom is 0.252 e. The Kier molecular flexibility index (Phi) is 4.85. The van der Waals surface area contributed by atoms with Gasteiger partial charge < -0.3 is 10.6 Å². The summed E-state index contributed by atoms with van der Waals surface area (Å²) < 4.78 is 0. The molecule has 0 bridgehead atoms. The van der Waals surface area contributed by atoms with Crippen LogP contribution in [0.2, 0.25) is 0 Å². The van der Waals surface area contributed by atoms with Crippen molar-refractivity contribution in [3.63, 3.8) is 0 Å². The smallest absolute Gasteiger partial charge is 0.252 e. The fraction of sp³-hybridized carbons (Fsp3) is 0.250. The number of hydrogen-bond acceptors (Lipinski definition) is 3. The minimum Gasteiger partial charge on any atom is -0.351 e. The van der Waals surface area contributed by atoms with Gasteiger partial charge in [-0.15, -0.1) is 0 Å². The number of aromatic nitrogens is 1. The summed E-state index contributed by atoms with van der Waals surface area (Å²) in [5.74, 6) is -0.0956. The van der Waals surface area contributed by atoms with Gasteiger partial charge in [0, 0.05) is 31.0 Å². The molecule has 0 saturated carbocycles. The van der Waals surface area contributed by atoms with Crippen molar-refractivity contribution in [2.45, 2.75) is 6.92 Å². The largest absolute Gasteiger partial charge is 0.351 e. The van der Waals surface area contributed by atoms with E-state index in [4.69, 9.17) is 0 Å². The third-order valence-electron chi connectivity index (χ3n) is 3.05. The molecule has 1 heterocycles. The Balaban J connectivity index is 2.15. The minimum atomic E-state index is -0.0956. The number of rotatable bonds is 5. The molecule has 0 fully saturated rings. The number of hydrogen-bond donors (Lipinski definition) is 2. The molecule has 0 radical (unpaired) electrons. The van der Waals surface area contributed by atoms with Gasteiger partial charge >= 0.3 is 0 Å². The topological polar surface area (TPSA) is 54.0 Å². The van der Waals surface area contributed by atoms with E-state index >= 15 is 0 Å². The molecule has 2 N–H and O–H groups in total. The van der Waals surface area contributed by atoms with Crippen LogP contribution < -0.4 is 10.6 Å². The molecular formula is C16H19N3O. The van der Waals surface area contributed by atoms with E-state index in [1.807, 2.05) is 32.2 Å². The standard InChI is InChI=1S/C16H19N3O/c1-12-3-5-13(6-4-12)14-9-15(11-18-10-14)16(20)19-8-7-17-2/h3-6,9-11,17H,7-8H2,1-2H3,(H,19,20). The lowest BCUT2D eigenvalue weighted by Crippen LogP contribution is -2.30. The van der Waals surface area contributed by atoms with Crippen LogP contribution in [0.4, 0.5) is 0 Å². The maximum atomic E-state index is 12.0. The van der Waals surface area contributed by atoms with Gasteiger partial charge in [-0.05, 0) is 25.6 Å². The van der Waals surface area contributed by atoms with Gasteiger partial charge in [0.2, 0.25) is 0 Å². The fourth-order valence-electron chi connectivity index (χ4n) is 1.87. The van der Waals surface area contributed by atoms with Crippen LogP contribution in [0.15, 0.2) is 42.7 Å². The van der Waals surface area contributed by atoms with Gasteiger partial charge in [-0.25, -0.2) is 0 Å². The number of carbonyl (C=O) groups excluding carboxylic acids is 1. The van der Waals surface area contributed by atoms with Crippen LogP contribution in [-0.2, 0) is 0 Å². The Labute approximate surface area is 119 Å². The third kappa shape index (κ3) is 3.65. The maximum absolute atomic E-state index is 12.0. The summed E-state index contributed by atoms with van der Waals surface area (Å²) in [4.78, 5) is 16.1. The first-order chi connectivity index (χ1) is 9.70. The second kappa shape index (κ2) is 6.82. The molecule has 0 atom stereocenters. The Morgan fingerprint density at radius 2 is 1.85 bits per heavy atom. The summed E-state index contributed by atoms with van der Waals surface area (Å²) in [7, 11) is 1.85. The SMILES string of the molecule is CNCCNC(=O)c1cncc(-c2ccc(C)cc2)c1. The molecule has 20 heavy (non-hydrogen) atoms. The molecule has 2 rings (SSSR count). The number of likely N-dealkylation sites (N-methyl/N-ethyl adjacent to an activating group) is 1. The zero-order valence-corrected chi connectivity index (χ0v) is 11.8. The van der Waals surface area contributed by atoms with Crippen LogP contribution in [-0.4, -0.2) is 31.0 Å². The van der Waals surface area contributed by atoms with E-state index in [0.29, 0.717) is 12.1 Å². The van der Waals surface area contributed by atoms with Gasteiger partial charge in [-0.3, -0.25) is 9.78 Å². The Morgan fingerprint density at radius 3 is 2.55 bits per heavy atom. The molecule has 2 aromatic rings. The van der Waals surface area contributed by atoms with E-state index in [-0.39, 0.29) is 5.91 Å². The van der Waals surface area contributed by atoms with Gasteiger partial charge in [0.05, 0.1) is 5.56 Å². The molecule has 4 nitrogen and oxygen atoms in total. The number of pyridine rings is 1. The molecule has 0 aliphatic carbocycles. The van der Waals surface area contributed by atoms with Crippen LogP contribution in [0.3, 0.4) is 0 Å². The van der Waals surface area contributed by atoms with Crippen LogP contribution in [0.5, 0.6) is 0 Å². The Bertz CT molecular complexity index is 579. The van der Waals surface area contributed by atoms with Crippen molar-refractivity contribution in [3.05, 3.63) is 53.9 Å². The van der Waals surface area contributed by atoms with Crippen molar-refractivity contribution >= 4 is 5.91 Å². The van der Waals surface area contributed by atoms with Crippen LogP contribution in [0.1, 0.15) is 15.9 Å².